The van der Waals surface area contributed by atoms with E-state index in [-0.39, 0.29) is 12.1 Å². The van der Waals surface area contributed by atoms with E-state index in [1.807, 2.05) is 54.0 Å². The van der Waals surface area contributed by atoms with E-state index in [1.165, 1.54) is 0 Å². The molecule has 1 unspecified atom stereocenters. The number of nitrogens with one attached hydrogen (secondary N) is 3. The lowest BCUT2D eigenvalue weighted by Crippen LogP contribution is -2.29. The number of aromatic nitrogens is 4. The molecule has 4 rings (SSSR count). The Bertz CT molecular complexity index is 1170. The fourth-order valence-electron chi connectivity index (χ4n) is 3.26. The molecule has 8 heteroatoms. The molecule has 1 atom stereocenters. The molecule has 2 amide bonds. The summed E-state index contributed by atoms with van der Waals surface area (Å²) in [6.07, 6.45) is 4.33. The number of hydrogen-bond acceptors (Lipinski definition) is 5. The predicted molar refractivity (Wildman–Crippen MR) is 122 cm³/mol. The third-order valence-corrected chi connectivity index (χ3v) is 4.87. The van der Waals surface area contributed by atoms with Gasteiger partial charge in [0.1, 0.15) is 12.1 Å². The second-order valence-corrected chi connectivity index (χ2v) is 7.21. The van der Waals surface area contributed by atoms with E-state index in [4.69, 9.17) is 0 Å². The van der Waals surface area contributed by atoms with Gasteiger partial charge >= 0.3 is 6.03 Å². The number of imidazole rings is 1. The van der Waals surface area contributed by atoms with Gasteiger partial charge in [0.25, 0.3) is 0 Å². The normalized spacial score (nSPS) is 11.8. The van der Waals surface area contributed by atoms with E-state index in [9.17, 15) is 4.79 Å². The maximum Gasteiger partial charge on any atom is 0.319 e. The number of amides is 2. The summed E-state index contributed by atoms with van der Waals surface area (Å²) in [5.41, 5.74) is 3.50. The Balaban J connectivity index is 1.53. The van der Waals surface area contributed by atoms with Gasteiger partial charge < -0.3 is 16.0 Å². The van der Waals surface area contributed by atoms with Crippen LogP contribution in [0.15, 0.2) is 67.1 Å². The Morgan fingerprint density at radius 3 is 2.74 bits per heavy atom. The van der Waals surface area contributed by atoms with Gasteiger partial charge in [-0.05, 0) is 43.2 Å². The predicted octanol–water partition coefficient (Wildman–Crippen LogP) is 4.52. The van der Waals surface area contributed by atoms with E-state index < -0.39 is 0 Å². The number of anilines is 2. The minimum atomic E-state index is -0.223. The van der Waals surface area contributed by atoms with E-state index in [0.29, 0.717) is 24.0 Å². The molecule has 4 aromatic rings. The van der Waals surface area contributed by atoms with Gasteiger partial charge in [-0.3, -0.25) is 4.57 Å². The van der Waals surface area contributed by atoms with Crippen molar-refractivity contribution in [3.63, 3.8) is 0 Å². The second-order valence-electron chi connectivity index (χ2n) is 7.21. The Labute approximate surface area is 180 Å². The van der Waals surface area contributed by atoms with Crippen molar-refractivity contribution in [2.24, 2.45) is 0 Å². The first-order chi connectivity index (χ1) is 15.1. The Morgan fingerprint density at radius 1 is 1.10 bits per heavy atom. The van der Waals surface area contributed by atoms with Gasteiger partial charge in [-0.2, -0.15) is 4.98 Å². The minimum Gasteiger partial charge on any atom is -0.348 e. The molecule has 8 nitrogen and oxygen atoms in total. The molecule has 2 heterocycles. The summed E-state index contributed by atoms with van der Waals surface area (Å²) >= 11 is 0. The highest BCUT2D eigenvalue weighted by molar-refractivity contribution is 5.92. The van der Waals surface area contributed by atoms with E-state index in [0.717, 1.165) is 23.0 Å². The van der Waals surface area contributed by atoms with Crippen molar-refractivity contribution in [2.45, 2.75) is 26.3 Å². The zero-order chi connectivity index (χ0) is 21.6. The lowest BCUT2D eigenvalue weighted by atomic mass is 10.1. The molecule has 0 spiro atoms. The molecular formula is C23H25N7O. The minimum absolute atomic E-state index is 0.0727. The van der Waals surface area contributed by atoms with Gasteiger partial charge in [0.2, 0.25) is 5.95 Å². The highest BCUT2D eigenvalue weighted by Gasteiger charge is 2.11. The van der Waals surface area contributed by atoms with Crippen molar-refractivity contribution in [3.8, 4) is 5.82 Å². The van der Waals surface area contributed by atoms with Crippen LogP contribution in [-0.2, 0) is 0 Å². The Hall–Kier alpha value is -3.94. The summed E-state index contributed by atoms with van der Waals surface area (Å²) in [6.45, 7) is 4.72. The van der Waals surface area contributed by atoms with Crippen molar-refractivity contribution >= 4 is 28.7 Å². The molecule has 2 aromatic carbocycles. The summed E-state index contributed by atoms with van der Waals surface area (Å²) in [5.74, 6) is 1.25. The summed E-state index contributed by atoms with van der Waals surface area (Å²) in [7, 11) is 0. The maximum absolute atomic E-state index is 11.9. The van der Waals surface area contributed by atoms with Crippen LogP contribution in [0.4, 0.5) is 16.4 Å². The van der Waals surface area contributed by atoms with Crippen molar-refractivity contribution in [2.75, 3.05) is 17.2 Å². The molecule has 0 aliphatic heterocycles. The zero-order valence-corrected chi connectivity index (χ0v) is 17.5. The molecule has 0 saturated heterocycles. The monoisotopic (exact) mass is 415 g/mol. The SMILES string of the molecule is CCCNC(=O)Nc1ccc2c(c1)ncn2-c1ccnc(NC(C)c2ccccc2)n1. The van der Waals surface area contributed by atoms with Gasteiger partial charge in [0, 0.05) is 18.4 Å². The number of hydrogen-bond donors (Lipinski definition) is 3. The van der Waals surface area contributed by atoms with Gasteiger partial charge in [0.15, 0.2) is 0 Å². The van der Waals surface area contributed by atoms with Crippen LogP contribution in [0.1, 0.15) is 31.9 Å². The first kappa shape index (κ1) is 20.3. The molecule has 3 N–H and O–H groups in total. The number of nitrogens with zero attached hydrogens (tertiary/aromatic N) is 4. The zero-order valence-electron chi connectivity index (χ0n) is 17.5. The van der Waals surface area contributed by atoms with Crippen LogP contribution in [0.5, 0.6) is 0 Å². The van der Waals surface area contributed by atoms with Crippen molar-refractivity contribution in [3.05, 3.63) is 72.7 Å². The topological polar surface area (TPSA) is 96.8 Å². The smallest absolute Gasteiger partial charge is 0.319 e. The fraction of sp³-hybridized carbons (Fsp3) is 0.217. The van der Waals surface area contributed by atoms with Gasteiger partial charge in [-0.1, -0.05) is 37.3 Å². The Kier molecular flexibility index (Phi) is 6.07. The second kappa shape index (κ2) is 9.25. The van der Waals surface area contributed by atoms with Crippen LogP contribution in [0.25, 0.3) is 16.9 Å². The number of carbonyl (C=O) groups is 1. The molecule has 158 valence electrons. The van der Waals surface area contributed by atoms with Crippen molar-refractivity contribution in [1.29, 1.82) is 0 Å². The molecule has 0 saturated carbocycles. The quantitative estimate of drug-likeness (QED) is 0.412. The molecule has 0 bridgehead atoms. The standard InChI is InChI=1S/C23H25N7O/c1-3-12-25-23(31)28-18-9-10-20-19(14-18)26-15-30(20)21-11-13-24-22(29-21)27-16(2)17-7-5-4-6-8-17/h4-11,13-16H,3,12H2,1-2H3,(H,24,27,29)(H2,25,28,31). The number of benzene rings is 2. The molecule has 0 aliphatic carbocycles. The number of carbonyl (C=O) groups excluding carboxylic acids is 1. The Morgan fingerprint density at radius 2 is 1.94 bits per heavy atom. The van der Waals surface area contributed by atoms with Crippen molar-refractivity contribution in [1.82, 2.24) is 24.8 Å². The molecule has 31 heavy (non-hydrogen) atoms. The number of fused-ring (bicyclic) bond motifs is 1. The number of urea groups is 1. The van der Waals surface area contributed by atoms with Gasteiger partial charge in [-0.15, -0.1) is 0 Å². The maximum atomic E-state index is 11.9. The molecular weight excluding hydrogens is 390 g/mol. The third-order valence-electron chi connectivity index (χ3n) is 4.87. The molecule has 0 radical (unpaired) electrons. The lowest BCUT2D eigenvalue weighted by Gasteiger charge is -2.14. The van der Waals surface area contributed by atoms with Crippen LogP contribution >= 0.6 is 0 Å². The summed E-state index contributed by atoms with van der Waals surface area (Å²) < 4.78 is 1.90. The average Bonchev–Trinajstić information content (AvgIpc) is 3.22. The highest BCUT2D eigenvalue weighted by atomic mass is 16.2. The highest BCUT2D eigenvalue weighted by Crippen LogP contribution is 2.22. The number of rotatable bonds is 7. The van der Waals surface area contributed by atoms with Gasteiger partial charge in [-0.25, -0.2) is 14.8 Å². The van der Waals surface area contributed by atoms with E-state index in [2.05, 4.69) is 50.0 Å². The van der Waals surface area contributed by atoms with E-state index in [1.54, 1.807) is 12.5 Å². The lowest BCUT2D eigenvalue weighted by molar-refractivity contribution is 0.252. The van der Waals surface area contributed by atoms with Gasteiger partial charge in [0.05, 0.1) is 17.1 Å². The fourth-order valence-corrected chi connectivity index (χ4v) is 3.26. The largest absolute Gasteiger partial charge is 0.348 e. The van der Waals surface area contributed by atoms with Crippen LogP contribution in [-0.4, -0.2) is 32.1 Å². The third kappa shape index (κ3) is 4.80. The molecule has 2 aromatic heterocycles. The van der Waals surface area contributed by atoms with Crippen LogP contribution in [0, 0.1) is 0 Å². The van der Waals surface area contributed by atoms with Crippen LogP contribution < -0.4 is 16.0 Å². The van der Waals surface area contributed by atoms with Crippen molar-refractivity contribution < 1.29 is 4.79 Å². The summed E-state index contributed by atoms with van der Waals surface area (Å²) in [6, 6.07) is 17.5. The molecule has 0 fully saturated rings. The van der Waals surface area contributed by atoms with Crippen LogP contribution in [0.3, 0.4) is 0 Å². The average molecular weight is 416 g/mol. The van der Waals surface area contributed by atoms with E-state index >= 15 is 0 Å². The molecule has 0 aliphatic rings. The first-order valence-electron chi connectivity index (χ1n) is 10.3. The first-order valence-corrected chi connectivity index (χ1v) is 10.3. The van der Waals surface area contributed by atoms with Crippen LogP contribution in [0.2, 0.25) is 0 Å². The summed E-state index contributed by atoms with van der Waals surface area (Å²) in [4.78, 5) is 25.4. The summed E-state index contributed by atoms with van der Waals surface area (Å²) in [5, 5.41) is 8.97.